The molecular formula is C51H39N5O2. The zero-order chi connectivity index (χ0) is 48.1. The number of imidazole rings is 1. The van der Waals surface area contributed by atoms with Crippen LogP contribution in [-0.4, -0.2) is 23.7 Å². The van der Waals surface area contributed by atoms with Crippen LogP contribution in [0.3, 0.4) is 0 Å². The first kappa shape index (κ1) is 25.6. The van der Waals surface area contributed by atoms with Crippen LogP contribution in [0.25, 0.3) is 72.3 Å². The molecular weight excluding hydrogens is 715 g/mol. The van der Waals surface area contributed by atoms with Gasteiger partial charge in [-0.2, -0.15) is 0 Å². The van der Waals surface area contributed by atoms with E-state index in [1.807, 2.05) is 42.6 Å². The highest BCUT2D eigenvalue weighted by Crippen LogP contribution is 2.38. The first-order valence-corrected chi connectivity index (χ1v) is 18.6. The van der Waals surface area contributed by atoms with Crippen molar-refractivity contribution >= 4 is 32.8 Å². The SMILES string of the molecule is [2H]c1c([2H])c([2H])c(-c2cccc(-c3c([2H])c([2H])c([2H])c([2H])c3[2H])c2-n2c(=O)n(-c3cccc(Oc4ccc5c6ccccc6n(-c6cc(C(C)(C)C)ccn6)c5c4)c3)c3ccncc32)c([2H])c1[2H]. The number of ether oxygens (including phenoxy) is 1. The summed E-state index contributed by atoms with van der Waals surface area (Å²) in [6.45, 7) is 6.48. The Morgan fingerprint density at radius 3 is 2.02 bits per heavy atom. The van der Waals surface area contributed by atoms with Crippen LogP contribution in [0.15, 0.2) is 187 Å². The van der Waals surface area contributed by atoms with Gasteiger partial charge in [-0.3, -0.25) is 18.7 Å². The summed E-state index contributed by atoms with van der Waals surface area (Å²) < 4.78 is 97.9. The number of hydrogen-bond acceptors (Lipinski definition) is 4. The number of hydrogen-bond donors (Lipinski definition) is 0. The van der Waals surface area contributed by atoms with Gasteiger partial charge in [-0.15, -0.1) is 0 Å². The van der Waals surface area contributed by atoms with Gasteiger partial charge in [0.1, 0.15) is 17.3 Å². The highest BCUT2D eigenvalue weighted by Gasteiger charge is 2.23. The molecule has 7 heteroatoms. The Kier molecular flexibility index (Phi) is 6.14. The van der Waals surface area contributed by atoms with Gasteiger partial charge in [-0.05, 0) is 70.6 Å². The van der Waals surface area contributed by atoms with Gasteiger partial charge in [0.2, 0.25) is 0 Å². The number of para-hydroxylation sites is 2. The van der Waals surface area contributed by atoms with Gasteiger partial charge < -0.3 is 4.74 Å². The number of nitrogens with zero attached hydrogens (tertiary/aromatic N) is 5. The summed E-state index contributed by atoms with van der Waals surface area (Å²) in [6.07, 6.45) is 4.75. The molecule has 0 aliphatic rings. The molecule has 0 fully saturated rings. The fourth-order valence-corrected chi connectivity index (χ4v) is 7.56. The molecule has 0 saturated carbocycles. The van der Waals surface area contributed by atoms with Gasteiger partial charge >= 0.3 is 5.69 Å². The van der Waals surface area contributed by atoms with Crippen LogP contribution in [-0.2, 0) is 5.41 Å². The summed E-state index contributed by atoms with van der Waals surface area (Å²) in [5.41, 5.74) is 2.43. The van der Waals surface area contributed by atoms with E-state index >= 15 is 4.79 Å². The second-order valence-electron chi connectivity index (χ2n) is 14.8. The smallest absolute Gasteiger partial charge is 0.338 e. The molecule has 0 aliphatic heterocycles. The largest absolute Gasteiger partial charge is 0.457 e. The molecule has 4 aromatic heterocycles. The van der Waals surface area contributed by atoms with E-state index in [-0.39, 0.29) is 38.9 Å². The summed E-state index contributed by atoms with van der Waals surface area (Å²) in [7, 11) is 0. The van der Waals surface area contributed by atoms with E-state index in [4.69, 9.17) is 23.4 Å². The Labute approximate surface area is 349 Å². The quantitative estimate of drug-likeness (QED) is 0.162. The van der Waals surface area contributed by atoms with Crippen LogP contribution in [0.1, 0.15) is 40.0 Å². The fraction of sp³-hybridized carbons (Fsp3) is 0.0784. The first-order chi connectivity index (χ1) is 32.5. The van der Waals surface area contributed by atoms with Crippen LogP contribution >= 0.6 is 0 Å². The van der Waals surface area contributed by atoms with E-state index in [0.717, 1.165) is 33.2 Å². The van der Waals surface area contributed by atoms with Crippen molar-refractivity contribution < 1.29 is 18.4 Å². The van der Waals surface area contributed by atoms with Gasteiger partial charge in [0.25, 0.3) is 0 Å². The van der Waals surface area contributed by atoms with Crippen molar-refractivity contribution in [1.29, 1.82) is 0 Å². The van der Waals surface area contributed by atoms with Gasteiger partial charge in [-0.25, -0.2) is 9.78 Å². The van der Waals surface area contributed by atoms with Crippen molar-refractivity contribution in [3.63, 3.8) is 0 Å². The molecule has 10 rings (SSSR count). The average Bonchev–Trinajstić information content (AvgIpc) is 3.82. The van der Waals surface area contributed by atoms with Crippen molar-refractivity contribution in [1.82, 2.24) is 23.7 Å². The summed E-state index contributed by atoms with van der Waals surface area (Å²) in [4.78, 5) is 24.5. The van der Waals surface area contributed by atoms with Gasteiger partial charge in [0.05, 0.1) is 53.3 Å². The highest BCUT2D eigenvalue weighted by molar-refractivity contribution is 6.09. The Morgan fingerprint density at radius 1 is 0.586 bits per heavy atom. The minimum atomic E-state index is -0.700. The molecule has 0 N–H and O–H groups in total. The van der Waals surface area contributed by atoms with Crippen molar-refractivity contribution in [3.05, 3.63) is 198 Å². The molecule has 7 nitrogen and oxygen atoms in total. The zero-order valence-electron chi connectivity index (χ0n) is 41.6. The molecule has 0 spiro atoms. The van der Waals surface area contributed by atoms with Crippen LogP contribution < -0.4 is 10.4 Å². The number of fused-ring (bicyclic) bond motifs is 4. The van der Waals surface area contributed by atoms with Gasteiger partial charge in [0.15, 0.2) is 0 Å². The Balaban J connectivity index is 1.17. The van der Waals surface area contributed by atoms with E-state index in [9.17, 15) is 0 Å². The molecule has 6 aromatic carbocycles. The number of rotatable bonds is 7. The standard InChI is InChI=1S/C51H39N5O2/c1-51(2,3)36-26-29-53-48(30-36)55-44-23-11-10-20-42(44)43-25-24-39(32-46(43)55)58-38-19-12-18-37(31-38)54-45-27-28-52-33-47(45)56(50(54)57)49-40(34-14-6-4-7-15-34)21-13-22-41(49)35-16-8-5-9-17-35/h4-33H,1-3H3/i4D,5D,6D,7D,8D,9D,14D,15D,16D,17D. The molecule has 4 heterocycles. The second-order valence-corrected chi connectivity index (χ2v) is 14.8. The number of pyridine rings is 2. The lowest BCUT2D eigenvalue weighted by Crippen LogP contribution is -2.23. The predicted octanol–water partition coefficient (Wildman–Crippen LogP) is 12.1. The maximum Gasteiger partial charge on any atom is 0.338 e. The third-order valence-electron chi connectivity index (χ3n) is 10.2. The molecule has 0 saturated heterocycles. The molecule has 0 unspecified atom stereocenters. The lowest BCUT2D eigenvalue weighted by molar-refractivity contribution is 0.483. The lowest BCUT2D eigenvalue weighted by Gasteiger charge is -2.20. The van der Waals surface area contributed by atoms with E-state index in [1.54, 1.807) is 30.3 Å². The monoisotopic (exact) mass is 763 g/mol. The lowest BCUT2D eigenvalue weighted by atomic mass is 9.88. The molecule has 0 bridgehead atoms. The molecule has 0 aliphatic carbocycles. The van der Waals surface area contributed by atoms with E-state index in [1.165, 1.54) is 39.7 Å². The minimum Gasteiger partial charge on any atom is -0.457 e. The molecule has 0 radical (unpaired) electrons. The number of aromatic nitrogens is 5. The maximum absolute atomic E-state index is 15.4. The minimum absolute atomic E-state index is 0.0264. The third kappa shape index (κ3) is 5.96. The number of benzene rings is 6. The average molecular weight is 764 g/mol. The van der Waals surface area contributed by atoms with Crippen molar-refractivity contribution in [2.45, 2.75) is 26.2 Å². The Morgan fingerprint density at radius 2 is 1.28 bits per heavy atom. The first-order valence-electron chi connectivity index (χ1n) is 23.6. The molecule has 10 aromatic rings. The summed E-state index contributed by atoms with van der Waals surface area (Å²) in [5.74, 6) is 1.66. The van der Waals surface area contributed by atoms with Crippen molar-refractivity contribution in [2.24, 2.45) is 0 Å². The zero-order valence-corrected chi connectivity index (χ0v) is 31.6. The van der Waals surface area contributed by atoms with Crippen LogP contribution in [0.5, 0.6) is 11.5 Å². The van der Waals surface area contributed by atoms with E-state index in [2.05, 4.69) is 48.5 Å². The van der Waals surface area contributed by atoms with Crippen LogP contribution in [0, 0.1) is 0 Å². The third-order valence-corrected chi connectivity index (χ3v) is 10.2. The topological polar surface area (TPSA) is 66.9 Å². The molecule has 0 atom stereocenters. The maximum atomic E-state index is 15.4. The summed E-state index contributed by atoms with van der Waals surface area (Å²) in [5, 5.41) is 2.05. The van der Waals surface area contributed by atoms with Crippen molar-refractivity contribution in [2.75, 3.05) is 0 Å². The van der Waals surface area contributed by atoms with E-state index in [0.29, 0.717) is 22.7 Å². The summed E-state index contributed by atoms with van der Waals surface area (Å²) >= 11 is 0. The second kappa shape index (κ2) is 13.9. The van der Waals surface area contributed by atoms with Gasteiger partial charge in [-0.1, -0.05) is 124 Å². The highest BCUT2D eigenvalue weighted by atomic mass is 16.5. The fourth-order valence-electron chi connectivity index (χ4n) is 7.56. The van der Waals surface area contributed by atoms with E-state index < -0.39 is 66.1 Å². The predicted molar refractivity (Wildman–Crippen MR) is 235 cm³/mol. The Bertz CT molecular complexity index is 3670. The normalized spacial score (nSPS) is 14.2. The molecule has 280 valence electrons. The van der Waals surface area contributed by atoms with Crippen LogP contribution in [0.2, 0.25) is 0 Å². The molecule has 0 amide bonds. The summed E-state index contributed by atoms with van der Waals surface area (Å²) in [6, 6.07) is 25.0. The van der Waals surface area contributed by atoms with Crippen LogP contribution in [0.4, 0.5) is 0 Å². The molecule has 58 heavy (non-hydrogen) atoms. The van der Waals surface area contributed by atoms with Crippen molar-refractivity contribution in [3.8, 4) is 50.9 Å². The Hall–Kier alpha value is -7.51. The van der Waals surface area contributed by atoms with Gasteiger partial charge in [0, 0.05) is 46.4 Å².